The third kappa shape index (κ3) is 6.34. The van der Waals surface area contributed by atoms with E-state index >= 15 is 0 Å². The lowest BCUT2D eigenvalue weighted by atomic mass is 9.93. The van der Waals surface area contributed by atoms with Crippen LogP contribution in [-0.4, -0.2) is 63.3 Å². The molecular formula is C33H37ClN4O4S. The molecule has 0 radical (unpaired) electrons. The van der Waals surface area contributed by atoms with Crippen LogP contribution in [-0.2, 0) is 16.4 Å². The molecule has 1 amide bonds. The summed E-state index contributed by atoms with van der Waals surface area (Å²) >= 11 is 6.75. The van der Waals surface area contributed by atoms with Crippen molar-refractivity contribution in [1.82, 2.24) is 14.8 Å². The highest BCUT2D eigenvalue weighted by Gasteiger charge is 2.25. The second kappa shape index (κ2) is 12.1. The van der Waals surface area contributed by atoms with Crippen molar-refractivity contribution in [3.8, 4) is 0 Å². The van der Waals surface area contributed by atoms with Gasteiger partial charge in [0.15, 0.2) is 9.84 Å². The fourth-order valence-electron chi connectivity index (χ4n) is 5.74. The van der Waals surface area contributed by atoms with E-state index in [4.69, 9.17) is 11.6 Å². The van der Waals surface area contributed by atoms with Crippen LogP contribution in [0.25, 0.3) is 10.9 Å². The molecule has 1 saturated heterocycles. The van der Waals surface area contributed by atoms with Crippen LogP contribution in [0.15, 0.2) is 70.5 Å². The normalized spacial score (nSPS) is 15.1. The zero-order chi connectivity index (χ0) is 31.1. The Bertz CT molecular complexity index is 1880. The number of rotatable bonds is 7. The maximum absolute atomic E-state index is 13.9. The molecule has 3 aromatic carbocycles. The first-order valence-electron chi connectivity index (χ1n) is 14.4. The minimum absolute atomic E-state index is 0.00760. The smallest absolute Gasteiger partial charge is 0.257 e. The van der Waals surface area contributed by atoms with Gasteiger partial charge in [0.2, 0.25) is 5.43 Å². The second-order valence-electron chi connectivity index (χ2n) is 11.4. The van der Waals surface area contributed by atoms with Crippen molar-refractivity contribution in [2.45, 2.75) is 38.3 Å². The number of hydrogen-bond acceptors (Lipinski definition) is 6. The third-order valence-corrected chi connectivity index (χ3v) is 9.62. The fourth-order valence-corrected chi connectivity index (χ4v) is 6.70. The van der Waals surface area contributed by atoms with E-state index < -0.39 is 27.2 Å². The van der Waals surface area contributed by atoms with Crippen LogP contribution in [0.1, 0.15) is 45.6 Å². The fraction of sp³-hybridized carbons (Fsp3) is 0.333. The summed E-state index contributed by atoms with van der Waals surface area (Å²) in [6.07, 6.45) is 2.76. The zero-order valence-corrected chi connectivity index (χ0v) is 26.7. The van der Waals surface area contributed by atoms with Gasteiger partial charge in [-0.05, 0) is 68.8 Å². The predicted octanol–water partition coefficient (Wildman–Crippen LogP) is 4.97. The first-order chi connectivity index (χ1) is 20.4. The Balaban J connectivity index is 1.59. The Hall–Kier alpha value is -3.66. The third-order valence-electron chi connectivity index (χ3n) is 8.21. The Labute approximate surface area is 257 Å². The molecule has 226 valence electrons. The van der Waals surface area contributed by atoms with Crippen molar-refractivity contribution in [2.24, 2.45) is 0 Å². The van der Waals surface area contributed by atoms with Gasteiger partial charge in [0.1, 0.15) is 5.56 Å². The van der Waals surface area contributed by atoms with Gasteiger partial charge in [-0.15, -0.1) is 0 Å². The molecule has 1 atom stereocenters. The van der Waals surface area contributed by atoms with Crippen LogP contribution in [0.4, 0.5) is 5.69 Å². The van der Waals surface area contributed by atoms with Crippen molar-refractivity contribution in [2.75, 3.05) is 44.4 Å². The standard InChI is InChI=1S/C33H37ClN4O4S/c1-6-37-20-27(32(39)26-18-28(34)30(19-29(26)37)38-14-12-36(4)13-15-38)33(40)35-31(25-11-10-21(2)16-22(25)3)23-8-7-9-24(17-23)43(5,41)42/h7-11,16-20,31H,6,12-15H2,1-5H3,(H,35,40). The predicted molar refractivity (Wildman–Crippen MR) is 173 cm³/mol. The highest BCUT2D eigenvalue weighted by atomic mass is 35.5. The number of fused-ring (bicyclic) bond motifs is 1. The number of sulfone groups is 1. The van der Waals surface area contributed by atoms with Crippen molar-refractivity contribution in [3.05, 3.63) is 104 Å². The minimum Gasteiger partial charge on any atom is -0.368 e. The van der Waals surface area contributed by atoms with Crippen molar-refractivity contribution in [3.63, 3.8) is 0 Å². The van der Waals surface area contributed by atoms with E-state index in [0.717, 1.165) is 54.8 Å². The number of likely N-dealkylation sites (N-methyl/N-ethyl adjacent to an activating group) is 1. The minimum atomic E-state index is -3.48. The number of carbonyl (C=O) groups excluding carboxylic acids is 1. The van der Waals surface area contributed by atoms with Gasteiger partial charge in [-0.3, -0.25) is 9.59 Å². The van der Waals surface area contributed by atoms with E-state index in [9.17, 15) is 18.0 Å². The number of benzene rings is 3. The monoisotopic (exact) mass is 620 g/mol. The molecule has 1 N–H and O–H groups in total. The molecule has 1 fully saturated rings. The highest BCUT2D eigenvalue weighted by Crippen LogP contribution is 2.32. The number of nitrogens with zero attached hydrogens (tertiary/aromatic N) is 3. The molecule has 1 aliphatic rings. The summed E-state index contributed by atoms with van der Waals surface area (Å²) in [6, 6.07) is 15.4. The summed E-state index contributed by atoms with van der Waals surface area (Å²) in [5, 5.41) is 3.90. The lowest BCUT2D eigenvalue weighted by Gasteiger charge is -2.34. The van der Waals surface area contributed by atoms with Gasteiger partial charge >= 0.3 is 0 Å². The van der Waals surface area contributed by atoms with Gasteiger partial charge in [0.05, 0.1) is 27.2 Å². The van der Waals surface area contributed by atoms with E-state index in [0.29, 0.717) is 28.0 Å². The SMILES string of the molecule is CCn1cc(C(=O)NC(c2cccc(S(C)(=O)=O)c2)c2ccc(C)cc2C)c(=O)c2cc(Cl)c(N3CCN(C)CC3)cc21. The van der Waals surface area contributed by atoms with Crippen LogP contribution in [0.5, 0.6) is 0 Å². The number of halogens is 1. The average molecular weight is 621 g/mol. The number of carbonyl (C=O) groups is 1. The van der Waals surface area contributed by atoms with Gasteiger partial charge in [-0.1, -0.05) is 47.5 Å². The van der Waals surface area contributed by atoms with Gasteiger partial charge in [0.25, 0.3) is 5.91 Å². The molecule has 0 spiro atoms. The first-order valence-corrected chi connectivity index (χ1v) is 16.6. The van der Waals surface area contributed by atoms with Crippen LogP contribution in [0, 0.1) is 13.8 Å². The number of anilines is 1. The second-order valence-corrected chi connectivity index (χ2v) is 13.8. The van der Waals surface area contributed by atoms with E-state index in [1.165, 1.54) is 6.07 Å². The summed E-state index contributed by atoms with van der Waals surface area (Å²) in [7, 11) is -1.39. The number of aryl methyl sites for hydroxylation is 3. The van der Waals surface area contributed by atoms with Crippen LogP contribution in [0.2, 0.25) is 5.02 Å². The largest absolute Gasteiger partial charge is 0.368 e. The van der Waals surface area contributed by atoms with E-state index in [1.807, 2.05) is 49.6 Å². The Kier molecular flexibility index (Phi) is 8.70. The lowest BCUT2D eigenvalue weighted by molar-refractivity contribution is 0.0941. The quantitative estimate of drug-likeness (QED) is 0.314. The number of aromatic nitrogens is 1. The number of pyridine rings is 1. The molecule has 0 aliphatic carbocycles. The zero-order valence-electron chi connectivity index (χ0n) is 25.1. The first kappa shape index (κ1) is 30.8. The molecule has 0 bridgehead atoms. The van der Waals surface area contributed by atoms with Crippen molar-refractivity contribution >= 4 is 43.9 Å². The summed E-state index contributed by atoms with van der Waals surface area (Å²) in [6.45, 7) is 9.94. The molecule has 8 nitrogen and oxygen atoms in total. The van der Waals surface area contributed by atoms with Gasteiger partial charge in [0, 0.05) is 50.6 Å². The van der Waals surface area contributed by atoms with Crippen LogP contribution < -0.4 is 15.6 Å². The summed E-state index contributed by atoms with van der Waals surface area (Å²) < 4.78 is 26.6. The molecule has 10 heteroatoms. The molecular weight excluding hydrogens is 584 g/mol. The van der Waals surface area contributed by atoms with Crippen LogP contribution in [0.3, 0.4) is 0 Å². The molecule has 1 aliphatic heterocycles. The Morgan fingerprint density at radius 3 is 2.40 bits per heavy atom. The lowest BCUT2D eigenvalue weighted by Crippen LogP contribution is -2.44. The van der Waals surface area contributed by atoms with Crippen LogP contribution >= 0.6 is 11.6 Å². The molecule has 0 saturated carbocycles. The van der Waals surface area contributed by atoms with E-state index in [-0.39, 0.29) is 10.5 Å². The number of nitrogens with one attached hydrogen (secondary N) is 1. The van der Waals surface area contributed by atoms with E-state index in [2.05, 4.69) is 22.2 Å². The maximum Gasteiger partial charge on any atom is 0.257 e. The molecule has 4 aromatic rings. The van der Waals surface area contributed by atoms with Gasteiger partial charge < -0.3 is 19.7 Å². The summed E-state index contributed by atoms with van der Waals surface area (Å²) in [5.41, 5.74) is 4.57. The number of amides is 1. The maximum atomic E-state index is 13.9. The van der Waals surface area contributed by atoms with E-state index in [1.54, 1.807) is 30.5 Å². The summed E-state index contributed by atoms with van der Waals surface area (Å²) in [5.74, 6) is -0.553. The topological polar surface area (TPSA) is 91.7 Å². The molecule has 1 unspecified atom stereocenters. The highest BCUT2D eigenvalue weighted by molar-refractivity contribution is 7.90. The van der Waals surface area contributed by atoms with Gasteiger partial charge in [-0.2, -0.15) is 0 Å². The Morgan fingerprint density at radius 1 is 1.02 bits per heavy atom. The molecule has 43 heavy (non-hydrogen) atoms. The molecule has 1 aromatic heterocycles. The van der Waals surface area contributed by atoms with Gasteiger partial charge in [-0.25, -0.2) is 8.42 Å². The van der Waals surface area contributed by atoms with Crippen molar-refractivity contribution < 1.29 is 13.2 Å². The number of hydrogen-bond donors (Lipinski definition) is 1. The Morgan fingerprint density at radius 2 is 1.74 bits per heavy atom. The average Bonchev–Trinajstić information content (AvgIpc) is 2.96. The molecule has 5 rings (SSSR count). The van der Waals surface area contributed by atoms with Crippen molar-refractivity contribution in [1.29, 1.82) is 0 Å². The molecule has 2 heterocycles. The summed E-state index contributed by atoms with van der Waals surface area (Å²) in [4.78, 5) is 32.4. The number of piperazine rings is 1.